The van der Waals surface area contributed by atoms with E-state index in [1.807, 2.05) is 6.92 Å². The minimum Gasteiger partial charge on any atom is -0.481 e. The van der Waals surface area contributed by atoms with Gasteiger partial charge in [-0.2, -0.15) is 0 Å². The van der Waals surface area contributed by atoms with Gasteiger partial charge in [-0.25, -0.2) is 0 Å². The molecule has 17 heavy (non-hydrogen) atoms. The SMILES string of the molecule is CC1CC(C(=O)O)CN(C(=O)[C@@H]2CCCO2)C1. The number of likely N-dealkylation sites (tertiary alicyclic amines) is 1. The topological polar surface area (TPSA) is 66.8 Å². The van der Waals surface area contributed by atoms with Crippen molar-refractivity contribution in [3.63, 3.8) is 0 Å². The molecule has 2 aliphatic heterocycles. The van der Waals surface area contributed by atoms with Gasteiger partial charge in [0, 0.05) is 19.7 Å². The van der Waals surface area contributed by atoms with E-state index in [2.05, 4.69) is 0 Å². The van der Waals surface area contributed by atoms with Crippen LogP contribution in [0.2, 0.25) is 0 Å². The van der Waals surface area contributed by atoms with E-state index in [0.29, 0.717) is 26.1 Å². The van der Waals surface area contributed by atoms with Gasteiger partial charge in [-0.15, -0.1) is 0 Å². The van der Waals surface area contributed by atoms with Crippen molar-refractivity contribution < 1.29 is 19.4 Å². The maximum absolute atomic E-state index is 12.1. The predicted molar refractivity (Wildman–Crippen MR) is 60.5 cm³/mol. The van der Waals surface area contributed by atoms with Crippen LogP contribution in [0.1, 0.15) is 26.2 Å². The third kappa shape index (κ3) is 2.77. The Morgan fingerprint density at radius 2 is 2.12 bits per heavy atom. The van der Waals surface area contributed by atoms with E-state index in [4.69, 9.17) is 9.84 Å². The van der Waals surface area contributed by atoms with Crippen molar-refractivity contribution in [2.45, 2.75) is 32.3 Å². The first kappa shape index (κ1) is 12.4. The summed E-state index contributed by atoms with van der Waals surface area (Å²) in [6, 6.07) is 0. The molecular formula is C12H19NO4. The number of carbonyl (C=O) groups excluding carboxylic acids is 1. The molecule has 0 aromatic rings. The lowest BCUT2D eigenvalue weighted by atomic mass is 9.90. The Kier molecular flexibility index (Phi) is 3.66. The molecule has 2 saturated heterocycles. The highest BCUT2D eigenvalue weighted by atomic mass is 16.5. The van der Waals surface area contributed by atoms with Crippen LogP contribution in [0.3, 0.4) is 0 Å². The van der Waals surface area contributed by atoms with Crippen molar-refractivity contribution in [3.8, 4) is 0 Å². The molecule has 2 fully saturated rings. The standard InChI is InChI=1S/C12H19NO4/c1-8-5-9(12(15)16)7-13(6-8)11(14)10-3-2-4-17-10/h8-10H,2-7H2,1H3,(H,15,16)/t8?,9?,10-/m0/s1. The van der Waals surface area contributed by atoms with Gasteiger partial charge in [0.05, 0.1) is 5.92 Å². The molecule has 0 aliphatic carbocycles. The largest absolute Gasteiger partial charge is 0.481 e. The molecule has 0 aromatic carbocycles. The maximum atomic E-state index is 12.1. The number of aliphatic carboxylic acids is 1. The monoisotopic (exact) mass is 241 g/mol. The molecule has 0 aromatic heterocycles. The predicted octanol–water partition coefficient (Wildman–Crippen LogP) is 0.735. The Morgan fingerprint density at radius 3 is 2.71 bits per heavy atom. The molecule has 1 N–H and O–H groups in total. The highest BCUT2D eigenvalue weighted by Gasteiger charge is 2.35. The molecule has 2 rings (SSSR count). The molecule has 0 radical (unpaired) electrons. The fourth-order valence-corrected chi connectivity index (χ4v) is 2.69. The van der Waals surface area contributed by atoms with Gasteiger partial charge in [0.15, 0.2) is 0 Å². The van der Waals surface area contributed by atoms with Crippen LogP contribution in [0.4, 0.5) is 0 Å². The highest BCUT2D eigenvalue weighted by molar-refractivity contribution is 5.82. The van der Waals surface area contributed by atoms with Crippen molar-refractivity contribution in [3.05, 3.63) is 0 Å². The summed E-state index contributed by atoms with van der Waals surface area (Å²) < 4.78 is 5.36. The van der Waals surface area contributed by atoms with E-state index in [-0.39, 0.29) is 17.9 Å². The zero-order valence-corrected chi connectivity index (χ0v) is 10.1. The zero-order chi connectivity index (χ0) is 12.4. The number of carbonyl (C=O) groups is 2. The van der Waals surface area contributed by atoms with E-state index in [1.165, 1.54) is 0 Å². The Balaban J connectivity index is 1.99. The second kappa shape index (κ2) is 5.04. The van der Waals surface area contributed by atoms with Gasteiger partial charge in [-0.05, 0) is 25.2 Å². The number of ether oxygens (including phenoxy) is 1. The molecular weight excluding hydrogens is 222 g/mol. The van der Waals surface area contributed by atoms with Crippen molar-refractivity contribution in [2.75, 3.05) is 19.7 Å². The van der Waals surface area contributed by atoms with E-state index in [1.54, 1.807) is 4.90 Å². The number of carboxylic acids is 1. The first-order valence-corrected chi connectivity index (χ1v) is 6.21. The van der Waals surface area contributed by atoms with Crippen LogP contribution in [0.5, 0.6) is 0 Å². The number of carboxylic acid groups (broad SMARTS) is 1. The smallest absolute Gasteiger partial charge is 0.308 e. The molecule has 1 amide bonds. The molecule has 96 valence electrons. The molecule has 0 saturated carbocycles. The number of nitrogens with zero attached hydrogens (tertiary/aromatic N) is 1. The second-order valence-electron chi connectivity index (χ2n) is 5.12. The van der Waals surface area contributed by atoms with Crippen LogP contribution in [-0.4, -0.2) is 47.7 Å². The number of rotatable bonds is 2. The lowest BCUT2D eigenvalue weighted by molar-refractivity contribution is -0.150. The second-order valence-corrected chi connectivity index (χ2v) is 5.12. The molecule has 2 aliphatic rings. The van der Waals surface area contributed by atoms with Crippen molar-refractivity contribution >= 4 is 11.9 Å². The van der Waals surface area contributed by atoms with Crippen LogP contribution in [-0.2, 0) is 14.3 Å². The summed E-state index contributed by atoms with van der Waals surface area (Å²) in [6.45, 7) is 3.62. The molecule has 2 heterocycles. The van der Waals surface area contributed by atoms with E-state index in [9.17, 15) is 9.59 Å². The van der Waals surface area contributed by atoms with Gasteiger partial charge in [0.1, 0.15) is 6.10 Å². The summed E-state index contributed by atoms with van der Waals surface area (Å²) in [5.41, 5.74) is 0. The Hall–Kier alpha value is -1.10. The van der Waals surface area contributed by atoms with Gasteiger partial charge < -0.3 is 14.7 Å². The minimum absolute atomic E-state index is 0.0275. The third-order valence-corrected chi connectivity index (χ3v) is 3.53. The van der Waals surface area contributed by atoms with E-state index in [0.717, 1.165) is 12.8 Å². The third-order valence-electron chi connectivity index (χ3n) is 3.53. The van der Waals surface area contributed by atoms with Crippen molar-refractivity contribution in [2.24, 2.45) is 11.8 Å². The molecule has 0 spiro atoms. The lowest BCUT2D eigenvalue weighted by Crippen LogP contribution is -2.49. The summed E-state index contributed by atoms with van der Waals surface area (Å²) in [5, 5.41) is 9.05. The van der Waals surface area contributed by atoms with Crippen molar-refractivity contribution in [1.82, 2.24) is 4.90 Å². The minimum atomic E-state index is -0.804. The first-order chi connectivity index (χ1) is 8.08. The number of hydrogen-bond acceptors (Lipinski definition) is 3. The summed E-state index contributed by atoms with van der Waals surface area (Å²) in [4.78, 5) is 24.8. The summed E-state index contributed by atoms with van der Waals surface area (Å²) in [5.74, 6) is -1.01. The van der Waals surface area contributed by atoms with Crippen LogP contribution in [0, 0.1) is 11.8 Å². The fourth-order valence-electron chi connectivity index (χ4n) is 2.69. The van der Waals surface area contributed by atoms with Crippen molar-refractivity contribution in [1.29, 1.82) is 0 Å². The Morgan fingerprint density at radius 1 is 1.35 bits per heavy atom. The van der Waals surface area contributed by atoms with Gasteiger partial charge >= 0.3 is 5.97 Å². The van der Waals surface area contributed by atoms with Crippen LogP contribution in [0.15, 0.2) is 0 Å². The van der Waals surface area contributed by atoms with Gasteiger partial charge in [-0.1, -0.05) is 6.92 Å². The normalized spacial score (nSPS) is 33.7. The highest BCUT2D eigenvalue weighted by Crippen LogP contribution is 2.24. The number of hydrogen-bond donors (Lipinski definition) is 1. The average molecular weight is 241 g/mol. The van der Waals surface area contributed by atoms with E-state index >= 15 is 0 Å². The summed E-state index contributed by atoms with van der Waals surface area (Å²) >= 11 is 0. The molecule has 0 bridgehead atoms. The fraction of sp³-hybridized carbons (Fsp3) is 0.833. The average Bonchev–Trinajstić information content (AvgIpc) is 2.80. The van der Waals surface area contributed by atoms with Crippen LogP contribution < -0.4 is 0 Å². The quantitative estimate of drug-likeness (QED) is 0.774. The number of amides is 1. The van der Waals surface area contributed by atoms with Gasteiger partial charge in [-0.3, -0.25) is 9.59 Å². The zero-order valence-electron chi connectivity index (χ0n) is 10.1. The van der Waals surface area contributed by atoms with Gasteiger partial charge in [0.25, 0.3) is 5.91 Å². The molecule has 5 heteroatoms. The molecule has 5 nitrogen and oxygen atoms in total. The Bertz CT molecular complexity index is 312. The lowest BCUT2D eigenvalue weighted by Gasteiger charge is -2.35. The first-order valence-electron chi connectivity index (χ1n) is 6.21. The maximum Gasteiger partial charge on any atom is 0.308 e. The number of piperidine rings is 1. The van der Waals surface area contributed by atoms with E-state index < -0.39 is 11.9 Å². The van der Waals surface area contributed by atoms with Gasteiger partial charge in [0.2, 0.25) is 0 Å². The summed E-state index contributed by atoms with van der Waals surface area (Å²) in [6.07, 6.45) is 2.00. The summed E-state index contributed by atoms with van der Waals surface area (Å²) in [7, 11) is 0. The molecule has 3 atom stereocenters. The van der Waals surface area contributed by atoms with Crippen LogP contribution >= 0.6 is 0 Å². The van der Waals surface area contributed by atoms with Crippen LogP contribution in [0.25, 0.3) is 0 Å². The Labute approximate surface area is 101 Å². The molecule has 2 unspecified atom stereocenters.